The molecule has 5 nitrogen and oxygen atoms in total. The number of carbonyl (C=O) groups is 2. The zero-order valence-corrected chi connectivity index (χ0v) is 14.5. The third kappa shape index (κ3) is 3.45. The van der Waals surface area contributed by atoms with E-state index in [-0.39, 0.29) is 5.41 Å². The molecule has 0 saturated carbocycles. The number of carboxylic acid groups (broad SMARTS) is 1. The Balaban J connectivity index is 2.24. The van der Waals surface area contributed by atoms with Crippen LogP contribution in [0.5, 0.6) is 0 Å². The first-order chi connectivity index (χ1) is 11.8. The fourth-order valence-electron chi connectivity index (χ4n) is 2.93. The van der Waals surface area contributed by atoms with E-state index in [0.717, 1.165) is 12.0 Å². The second-order valence-electron chi connectivity index (χ2n) is 7.31. The van der Waals surface area contributed by atoms with Gasteiger partial charge in [-0.2, -0.15) is 0 Å². The van der Waals surface area contributed by atoms with Gasteiger partial charge in [-0.15, -0.1) is 0 Å². The number of fused-ring (bicyclic) bond motifs is 1. The maximum absolute atomic E-state index is 12.3. The lowest BCUT2D eigenvalue weighted by Crippen LogP contribution is -2.21. The number of hydrogen-bond donors (Lipinski definition) is 1. The Kier molecular flexibility index (Phi) is 4.17. The van der Waals surface area contributed by atoms with Crippen LogP contribution in [-0.2, 0) is 11.2 Å². The van der Waals surface area contributed by atoms with Gasteiger partial charge < -0.3 is 5.11 Å². The zero-order chi connectivity index (χ0) is 18.2. The van der Waals surface area contributed by atoms with Crippen molar-refractivity contribution in [3.8, 4) is 11.4 Å². The maximum Gasteiger partial charge on any atom is 0.395 e. The Morgan fingerprint density at radius 1 is 1.08 bits per heavy atom. The molecular formula is C20H20N2O3. The van der Waals surface area contributed by atoms with Crippen LogP contribution in [0.3, 0.4) is 0 Å². The van der Waals surface area contributed by atoms with E-state index < -0.39 is 11.9 Å². The van der Waals surface area contributed by atoms with Crippen molar-refractivity contribution in [2.75, 3.05) is 0 Å². The Bertz CT molecular complexity index is 950. The molecule has 0 saturated heterocycles. The molecular weight excluding hydrogens is 316 g/mol. The number of imidazole rings is 1. The Labute approximate surface area is 145 Å². The average Bonchev–Trinajstić information content (AvgIpc) is 2.92. The van der Waals surface area contributed by atoms with Crippen LogP contribution in [0, 0.1) is 5.41 Å². The summed E-state index contributed by atoms with van der Waals surface area (Å²) in [6.07, 6.45) is 0.816. The molecule has 0 aliphatic carbocycles. The van der Waals surface area contributed by atoms with Gasteiger partial charge in [-0.3, -0.25) is 9.36 Å². The van der Waals surface area contributed by atoms with Crippen LogP contribution in [0.25, 0.3) is 22.4 Å². The number of benzene rings is 2. The van der Waals surface area contributed by atoms with Gasteiger partial charge in [0, 0.05) is 5.56 Å². The van der Waals surface area contributed by atoms with Crippen molar-refractivity contribution in [1.82, 2.24) is 9.55 Å². The number of carboxylic acids is 1. The van der Waals surface area contributed by atoms with Gasteiger partial charge in [0.2, 0.25) is 0 Å². The molecule has 0 spiro atoms. The molecule has 2 aromatic carbocycles. The number of carbonyl (C=O) groups excluding carboxylic acids is 1. The fraction of sp³-hybridized carbons (Fsp3) is 0.250. The Hall–Kier alpha value is -2.95. The molecule has 5 heteroatoms. The normalized spacial score (nSPS) is 11.6. The maximum atomic E-state index is 12.3. The van der Waals surface area contributed by atoms with E-state index in [1.807, 2.05) is 48.5 Å². The van der Waals surface area contributed by atoms with Crippen LogP contribution < -0.4 is 0 Å². The van der Waals surface area contributed by atoms with Crippen LogP contribution in [0.2, 0.25) is 0 Å². The number of hydrogen-bond acceptors (Lipinski definition) is 3. The van der Waals surface area contributed by atoms with Crippen LogP contribution in [0.1, 0.15) is 31.1 Å². The molecule has 25 heavy (non-hydrogen) atoms. The first kappa shape index (κ1) is 16.9. The number of aliphatic carboxylic acids is 1. The molecule has 3 aromatic rings. The van der Waals surface area contributed by atoms with Gasteiger partial charge >= 0.3 is 11.9 Å². The number of aromatic nitrogens is 2. The highest BCUT2D eigenvalue weighted by Gasteiger charge is 2.23. The SMILES string of the molecule is CC(C)(C)Cc1ccc2nc(-c3ccccc3)n(C(=O)C(=O)O)c2c1. The third-order valence-electron chi connectivity index (χ3n) is 3.87. The van der Waals surface area contributed by atoms with Crippen molar-refractivity contribution in [2.24, 2.45) is 5.41 Å². The van der Waals surface area contributed by atoms with E-state index in [4.69, 9.17) is 0 Å². The minimum Gasteiger partial charge on any atom is -0.474 e. The van der Waals surface area contributed by atoms with E-state index in [0.29, 0.717) is 22.4 Å². The third-order valence-corrected chi connectivity index (χ3v) is 3.87. The van der Waals surface area contributed by atoms with Crippen LogP contribution in [0.4, 0.5) is 0 Å². The van der Waals surface area contributed by atoms with Crippen molar-refractivity contribution in [2.45, 2.75) is 27.2 Å². The van der Waals surface area contributed by atoms with Crippen molar-refractivity contribution in [3.05, 3.63) is 54.1 Å². The molecule has 0 unspecified atom stereocenters. The Morgan fingerprint density at radius 2 is 1.76 bits per heavy atom. The number of rotatable bonds is 2. The molecule has 1 heterocycles. The van der Waals surface area contributed by atoms with E-state index >= 15 is 0 Å². The van der Waals surface area contributed by atoms with E-state index in [2.05, 4.69) is 25.8 Å². The van der Waals surface area contributed by atoms with Crippen LogP contribution in [-0.4, -0.2) is 26.5 Å². The Morgan fingerprint density at radius 3 is 2.36 bits per heavy atom. The molecule has 0 aliphatic heterocycles. The van der Waals surface area contributed by atoms with Crippen molar-refractivity contribution in [1.29, 1.82) is 0 Å². The molecule has 0 aliphatic rings. The minimum absolute atomic E-state index is 0.0809. The molecule has 1 N–H and O–H groups in total. The summed E-state index contributed by atoms with van der Waals surface area (Å²) in [5.74, 6) is -2.16. The van der Waals surface area contributed by atoms with E-state index in [9.17, 15) is 14.7 Å². The summed E-state index contributed by atoms with van der Waals surface area (Å²) in [5.41, 5.74) is 2.95. The van der Waals surface area contributed by atoms with Gasteiger partial charge in [0.25, 0.3) is 0 Å². The predicted octanol–water partition coefficient (Wildman–Crippen LogP) is 4.02. The lowest BCUT2D eigenvalue weighted by molar-refractivity contribution is -0.132. The molecule has 128 valence electrons. The second kappa shape index (κ2) is 6.16. The predicted molar refractivity (Wildman–Crippen MR) is 96.6 cm³/mol. The van der Waals surface area contributed by atoms with Crippen molar-refractivity contribution >= 4 is 22.9 Å². The molecule has 3 rings (SSSR count). The average molecular weight is 336 g/mol. The summed E-state index contributed by atoms with van der Waals surface area (Å²) in [6.45, 7) is 6.39. The molecule has 0 atom stereocenters. The standard InChI is InChI=1S/C20H20N2O3/c1-20(2,3)12-13-9-10-15-16(11-13)22(18(23)19(24)25)17(21-15)14-7-5-4-6-8-14/h4-11H,12H2,1-3H3,(H,24,25). The molecule has 1 aromatic heterocycles. The van der Waals surface area contributed by atoms with E-state index in [1.54, 1.807) is 0 Å². The smallest absolute Gasteiger partial charge is 0.395 e. The second-order valence-corrected chi connectivity index (χ2v) is 7.31. The van der Waals surface area contributed by atoms with Gasteiger partial charge in [-0.05, 0) is 29.5 Å². The summed E-state index contributed by atoms with van der Waals surface area (Å²) in [4.78, 5) is 28.2. The lowest BCUT2D eigenvalue weighted by Gasteiger charge is -2.18. The highest BCUT2D eigenvalue weighted by atomic mass is 16.4. The fourth-order valence-corrected chi connectivity index (χ4v) is 2.93. The summed E-state index contributed by atoms with van der Waals surface area (Å²) in [5, 5.41) is 9.24. The lowest BCUT2D eigenvalue weighted by atomic mass is 9.88. The first-order valence-electron chi connectivity index (χ1n) is 8.11. The summed E-state index contributed by atoms with van der Waals surface area (Å²) in [7, 11) is 0. The number of nitrogens with zero attached hydrogens (tertiary/aromatic N) is 2. The van der Waals surface area contributed by atoms with Crippen molar-refractivity contribution < 1.29 is 14.7 Å². The van der Waals surface area contributed by atoms with Gasteiger partial charge in [0.05, 0.1) is 11.0 Å². The van der Waals surface area contributed by atoms with Gasteiger partial charge in [-0.1, -0.05) is 57.2 Å². The molecule has 0 fully saturated rings. The van der Waals surface area contributed by atoms with Crippen molar-refractivity contribution in [3.63, 3.8) is 0 Å². The highest BCUT2D eigenvalue weighted by molar-refractivity contribution is 6.34. The van der Waals surface area contributed by atoms with Crippen LogP contribution in [0.15, 0.2) is 48.5 Å². The first-order valence-corrected chi connectivity index (χ1v) is 8.11. The quantitative estimate of drug-likeness (QED) is 0.718. The summed E-state index contributed by atoms with van der Waals surface area (Å²) >= 11 is 0. The van der Waals surface area contributed by atoms with Gasteiger partial charge in [0.15, 0.2) is 0 Å². The summed E-state index contributed by atoms with van der Waals surface area (Å²) < 4.78 is 1.19. The molecule has 0 radical (unpaired) electrons. The van der Waals surface area contributed by atoms with Crippen LogP contribution >= 0.6 is 0 Å². The summed E-state index contributed by atoms with van der Waals surface area (Å²) in [6, 6.07) is 14.8. The minimum atomic E-state index is -1.50. The molecule has 0 amide bonds. The van der Waals surface area contributed by atoms with Gasteiger partial charge in [0.1, 0.15) is 5.82 Å². The molecule has 0 bridgehead atoms. The topological polar surface area (TPSA) is 72.2 Å². The monoisotopic (exact) mass is 336 g/mol. The zero-order valence-electron chi connectivity index (χ0n) is 14.5. The van der Waals surface area contributed by atoms with E-state index in [1.165, 1.54) is 4.57 Å². The highest BCUT2D eigenvalue weighted by Crippen LogP contribution is 2.28. The van der Waals surface area contributed by atoms with Gasteiger partial charge in [-0.25, -0.2) is 9.78 Å². The largest absolute Gasteiger partial charge is 0.474 e.